The van der Waals surface area contributed by atoms with Crippen molar-refractivity contribution in [1.82, 2.24) is 0 Å². The Kier molecular flexibility index (Phi) is 16.4. The Morgan fingerprint density at radius 2 is 1.47 bits per heavy atom. The van der Waals surface area contributed by atoms with Crippen molar-refractivity contribution in [1.29, 1.82) is 5.26 Å². The Morgan fingerprint density at radius 1 is 0.851 bits per heavy atom. The number of nitro groups is 1. The van der Waals surface area contributed by atoms with Gasteiger partial charge in [-0.3, -0.25) is 10.1 Å². The van der Waals surface area contributed by atoms with Gasteiger partial charge in [0, 0.05) is 16.9 Å². The van der Waals surface area contributed by atoms with Gasteiger partial charge in [0.15, 0.2) is 23.0 Å². The summed E-state index contributed by atoms with van der Waals surface area (Å²) in [5.74, 6) is 2.17. The molecule has 0 aliphatic carbocycles. The van der Waals surface area contributed by atoms with E-state index in [1.54, 1.807) is 24.3 Å². The smallest absolute Gasteiger partial charge is 0.242 e. The molecule has 2 aromatic carbocycles. The molecule has 3 atom stereocenters. The minimum Gasteiger partial charge on any atom is -0.493 e. The lowest BCUT2D eigenvalue weighted by Gasteiger charge is -2.35. The van der Waals surface area contributed by atoms with Crippen molar-refractivity contribution in [2.24, 2.45) is 5.92 Å². The molecule has 47 heavy (non-hydrogen) atoms. The van der Waals surface area contributed by atoms with Gasteiger partial charge in [-0.25, -0.2) is 0 Å². The van der Waals surface area contributed by atoms with Crippen LogP contribution in [0.5, 0.6) is 34.5 Å². The van der Waals surface area contributed by atoms with Gasteiger partial charge in [0.25, 0.3) is 0 Å². The Bertz CT molecular complexity index is 1310. The fourth-order valence-corrected chi connectivity index (χ4v) is 5.77. The van der Waals surface area contributed by atoms with Crippen LogP contribution in [0.1, 0.15) is 90.2 Å². The maximum absolute atomic E-state index is 12.2. The highest BCUT2D eigenvalue weighted by Crippen LogP contribution is 2.53. The molecule has 0 heterocycles. The van der Waals surface area contributed by atoms with Crippen molar-refractivity contribution in [3.63, 3.8) is 0 Å². The van der Waals surface area contributed by atoms with Gasteiger partial charge in [-0.1, -0.05) is 59.4 Å². The van der Waals surface area contributed by atoms with Gasteiger partial charge in [-0.15, -0.1) is 0 Å². The first kappa shape index (κ1) is 39.3. The van der Waals surface area contributed by atoms with Crippen LogP contribution in [0.2, 0.25) is 0 Å². The summed E-state index contributed by atoms with van der Waals surface area (Å²) >= 11 is 0. The van der Waals surface area contributed by atoms with Gasteiger partial charge < -0.3 is 33.5 Å². The third-order valence-corrected chi connectivity index (χ3v) is 8.67. The SMILES string of the molecule is CCCCCOc1cc(C(C#N)(CCC(O)C(Cc2ccc(OC)c(OC)c2)[N+](=O)[O-])C(C)C)c(OCCCCC)c(OC)c1OC. The first-order chi connectivity index (χ1) is 22.6. The molecule has 0 saturated carbocycles. The van der Waals surface area contributed by atoms with E-state index in [0.29, 0.717) is 58.8 Å². The Balaban J connectivity index is 2.58. The average molecular weight is 659 g/mol. The Morgan fingerprint density at radius 3 is 1.98 bits per heavy atom. The topological polar surface area (TPSA) is 143 Å². The normalized spacial score (nSPS) is 13.6. The highest BCUT2D eigenvalue weighted by atomic mass is 16.6. The van der Waals surface area contributed by atoms with E-state index in [4.69, 9.17) is 28.4 Å². The summed E-state index contributed by atoms with van der Waals surface area (Å²) < 4.78 is 34.8. The lowest BCUT2D eigenvalue weighted by molar-refractivity contribution is -0.534. The van der Waals surface area contributed by atoms with Crippen molar-refractivity contribution >= 4 is 0 Å². The van der Waals surface area contributed by atoms with E-state index in [-0.39, 0.29) is 25.2 Å². The highest BCUT2D eigenvalue weighted by Gasteiger charge is 2.43. The number of benzene rings is 2. The van der Waals surface area contributed by atoms with Crippen molar-refractivity contribution in [3.05, 3.63) is 45.5 Å². The minimum atomic E-state index is -1.34. The average Bonchev–Trinajstić information content (AvgIpc) is 3.07. The molecule has 0 amide bonds. The molecule has 0 radical (unpaired) electrons. The lowest BCUT2D eigenvalue weighted by atomic mass is 9.68. The van der Waals surface area contributed by atoms with Crippen LogP contribution < -0.4 is 28.4 Å². The predicted molar refractivity (Wildman–Crippen MR) is 181 cm³/mol. The van der Waals surface area contributed by atoms with Crippen LogP contribution in [-0.2, 0) is 11.8 Å². The fraction of sp³-hybridized carbons (Fsp3) is 0.639. The van der Waals surface area contributed by atoms with Crippen LogP contribution in [0.4, 0.5) is 0 Å². The summed E-state index contributed by atoms with van der Waals surface area (Å²) in [5.41, 5.74) is -0.0576. The Hall–Kier alpha value is -3.91. The van der Waals surface area contributed by atoms with Crippen LogP contribution >= 0.6 is 0 Å². The standard InChI is InChI=1S/C36H54N2O9/c1-9-11-13-19-46-32-23-27(33(47-20-14-12-10-2)35(45-8)34(32)44-7)36(24-37,25(3)4)18-17-29(39)28(38(40)41)21-26-15-16-30(42-5)31(22-26)43-6/h15-16,22-23,25,28-29,39H,9-14,17-21H2,1-8H3. The number of nitriles is 1. The first-order valence-electron chi connectivity index (χ1n) is 16.6. The third-order valence-electron chi connectivity index (χ3n) is 8.67. The second-order valence-electron chi connectivity index (χ2n) is 12.0. The van der Waals surface area contributed by atoms with E-state index in [2.05, 4.69) is 19.9 Å². The molecule has 0 fully saturated rings. The van der Waals surface area contributed by atoms with Gasteiger partial charge in [0.05, 0.1) is 53.1 Å². The van der Waals surface area contributed by atoms with Crippen molar-refractivity contribution in [2.75, 3.05) is 41.7 Å². The van der Waals surface area contributed by atoms with E-state index >= 15 is 0 Å². The number of aliphatic hydroxyl groups is 1. The zero-order chi connectivity index (χ0) is 35.0. The number of unbranched alkanes of at least 4 members (excludes halogenated alkanes) is 4. The number of hydrogen-bond acceptors (Lipinski definition) is 10. The zero-order valence-corrected chi connectivity index (χ0v) is 29.4. The van der Waals surface area contributed by atoms with Crippen molar-refractivity contribution < 1.29 is 38.5 Å². The largest absolute Gasteiger partial charge is 0.493 e. The lowest BCUT2D eigenvalue weighted by Crippen LogP contribution is -2.39. The Labute approximate surface area is 280 Å². The molecule has 1 N–H and O–H groups in total. The summed E-state index contributed by atoms with van der Waals surface area (Å²) in [7, 11) is 6.06. The summed E-state index contributed by atoms with van der Waals surface area (Å²) in [5, 5.41) is 34.5. The molecule has 11 heteroatoms. The van der Waals surface area contributed by atoms with Gasteiger partial charge in [-0.05, 0) is 55.4 Å². The molecule has 2 rings (SSSR count). The molecule has 11 nitrogen and oxygen atoms in total. The summed E-state index contributed by atoms with van der Waals surface area (Å²) in [6.07, 6.45) is 4.38. The molecule has 262 valence electrons. The van der Waals surface area contributed by atoms with E-state index in [1.165, 1.54) is 28.4 Å². The van der Waals surface area contributed by atoms with E-state index < -0.39 is 22.5 Å². The number of hydrogen-bond donors (Lipinski definition) is 1. The second-order valence-corrected chi connectivity index (χ2v) is 12.0. The monoisotopic (exact) mass is 658 g/mol. The number of methoxy groups -OCH3 is 4. The first-order valence-corrected chi connectivity index (χ1v) is 16.6. The van der Waals surface area contributed by atoms with Crippen LogP contribution in [0.25, 0.3) is 0 Å². The van der Waals surface area contributed by atoms with Gasteiger partial charge >= 0.3 is 0 Å². The molecule has 0 aromatic heterocycles. The van der Waals surface area contributed by atoms with Crippen molar-refractivity contribution in [2.45, 2.75) is 103 Å². The van der Waals surface area contributed by atoms with E-state index in [1.807, 2.05) is 13.8 Å². The van der Waals surface area contributed by atoms with Crippen LogP contribution in [-0.4, -0.2) is 63.8 Å². The van der Waals surface area contributed by atoms with Crippen molar-refractivity contribution in [3.8, 4) is 40.6 Å². The zero-order valence-electron chi connectivity index (χ0n) is 29.4. The minimum absolute atomic E-state index is 0.0129. The van der Waals surface area contributed by atoms with E-state index in [9.17, 15) is 20.5 Å². The van der Waals surface area contributed by atoms with E-state index in [0.717, 1.165) is 38.5 Å². The van der Waals surface area contributed by atoms with Crippen LogP contribution in [0.3, 0.4) is 0 Å². The second kappa shape index (κ2) is 19.7. The molecule has 0 spiro atoms. The quantitative estimate of drug-likeness (QED) is 0.0734. The molecule has 0 bridgehead atoms. The maximum atomic E-state index is 12.2. The fourth-order valence-electron chi connectivity index (χ4n) is 5.77. The summed E-state index contributed by atoms with van der Waals surface area (Å²) in [4.78, 5) is 11.8. The summed E-state index contributed by atoms with van der Waals surface area (Å²) in [6, 6.07) is 8.06. The number of ether oxygens (including phenoxy) is 6. The molecule has 2 aromatic rings. The van der Waals surface area contributed by atoms with Gasteiger partial charge in [0.2, 0.25) is 17.5 Å². The molecular formula is C36H54N2O9. The van der Waals surface area contributed by atoms with Crippen LogP contribution in [0, 0.1) is 27.4 Å². The molecule has 0 aliphatic rings. The maximum Gasteiger partial charge on any atom is 0.242 e. The predicted octanol–water partition coefficient (Wildman–Crippen LogP) is 7.31. The molecular weight excluding hydrogens is 604 g/mol. The number of aliphatic hydroxyl groups excluding tert-OH is 1. The van der Waals surface area contributed by atoms with Gasteiger partial charge in [-0.2, -0.15) is 5.26 Å². The molecule has 0 aliphatic heterocycles. The summed E-state index contributed by atoms with van der Waals surface area (Å²) in [6.45, 7) is 8.90. The number of nitrogens with zero attached hydrogens (tertiary/aromatic N) is 2. The molecule has 0 saturated heterocycles. The van der Waals surface area contributed by atoms with Crippen LogP contribution in [0.15, 0.2) is 24.3 Å². The highest BCUT2D eigenvalue weighted by molar-refractivity contribution is 5.65. The third kappa shape index (κ3) is 10.0. The molecule has 3 unspecified atom stereocenters. The number of rotatable bonds is 23. The van der Waals surface area contributed by atoms with Gasteiger partial charge in [0.1, 0.15) is 6.10 Å².